The van der Waals surface area contributed by atoms with Crippen molar-refractivity contribution in [1.29, 1.82) is 0 Å². The summed E-state index contributed by atoms with van der Waals surface area (Å²) in [5.74, 6) is 1.75. The fourth-order valence-corrected chi connectivity index (χ4v) is 2.97. The summed E-state index contributed by atoms with van der Waals surface area (Å²) in [7, 11) is 1.85. The van der Waals surface area contributed by atoms with Crippen molar-refractivity contribution in [2.24, 2.45) is 4.99 Å². The molecule has 1 aromatic heterocycles. The molecule has 2 rings (SSSR count). The topological polar surface area (TPSA) is 86.9 Å². The number of aliphatic imine (C=N–C) groups is 1. The molecule has 2 aromatic rings. The average Bonchev–Trinajstić information content (AvgIpc) is 3.17. The van der Waals surface area contributed by atoms with Gasteiger partial charge in [0, 0.05) is 43.7 Å². The number of nitrogens with one attached hydrogen (secondary N) is 1. The maximum atomic E-state index is 12.3. The zero-order valence-electron chi connectivity index (χ0n) is 17.5. The second kappa shape index (κ2) is 11.4. The average molecular weight is 421 g/mol. The molecule has 1 N–H and O–H groups in total. The molecule has 29 heavy (non-hydrogen) atoms. The number of guanidine groups is 1. The summed E-state index contributed by atoms with van der Waals surface area (Å²) in [5, 5.41) is 7.84. The molecular formula is C20H29ClN6O2. The number of likely N-dealkylation sites (N-methyl/N-ethyl adjacent to an activating group) is 2. The van der Waals surface area contributed by atoms with Crippen molar-refractivity contribution >= 4 is 23.5 Å². The van der Waals surface area contributed by atoms with Crippen LogP contribution in [0.1, 0.15) is 26.7 Å². The van der Waals surface area contributed by atoms with Gasteiger partial charge in [0.2, 0.25) is 17.6 Å². The minimum Gasteiger partial charge on any atom is -0.357 e. The largest absolute Gasteiger partial charge is 0.357 e. The summed E-state index contributed by atoms with van der Waals surface area (Å²) >= 11 is 6.01. The minimum atomic E-state index is 0.0752. The van der Waals surface area contributed by atoms with Crippen LogP contribution in [0.3, 0.4) is 0 Å². The Balaban J connectivity index is 1.97. The van der Waals surface area contributed by atoms with Crippen LogP contribution in [0.5, 0.6) is 0 Å². The van der Waals surface area contributed by atoms with Crippen molar-refractivity contribution in [3.05, 3.63) is 35.2 Å². The number of amides is 1. The van der Waals surface area contributed by atoms with Gasteiger partial charge in [-0.3, -0.25) is 9.79 Å². The molecule has 158 valence electrons. The van der Waals surface area contributed by atoms with Gasteiger partial charge < -0.3 is 19.6 Å². The maximum absolute atomic E-state index is 12.3. The number of aromatic nitrogens is 2. The lowest BCUT2D eigenvalue weighted by Crippen LogP contribution is -2.45. The number of carbonyl (C=O) groups is 1. The highest BCUT2D eigenvalue weighted by Gasteiger charge is 2.15. The smallest absolute Gasteiger partial charge is 0.242 e. The predicted molar refractivity (Wildman–Crippen MR) is 115 cm³/mol. The third-order valence-electron chi connectivity index (χ3n) is 4.32. The molecule has 0 aliphatic heterocycles. The first-order valence-corrected chi connectivity index (χ1v) is 10.2. The zero-order chi connectivity index (χ0) is 21.2. The van der Waals surface area contributed by atoms with Gasteiger partial charge in [-0.15, -0.1) is 0 Å². The normalized spacial score (nSPS) is 11.4. The molecule has 0 saturated heterocycles. The number of carbonyl (C=O) groups excluding carboxylic acids is 1. The quantitative estimate of drug-likeness (QED) is 0.495. The Morgan fingerprint density at radius 2 is 2.03 bits per heavy atom. The Hall–Kier alpha value is -2.61. The molecule has 0 atom stereocenters. The van der Waals surface area contributed by atoms with Gasteiger partial charge in [-0.05, 0) is 32.9 Å². The summed E-state index contributed by atoms with van der Waals surface area (Å²) in [5.41, 5.74) is 0.805. The Kier molecular flexibility index (Phi) is 8.92. The van der Waals surface area contributed by atoms with Crippen LogP contribution in [-0.2, 0) is 11.2 Å². The van der Waals surface area contributed by atoms with Crippen molar-refractivity contribution < 1.29 is 9.32 Å². The standard InChI is InChI=1S/C20H29ClN6O2/c1-5-22-20(26(4)14-18(28)27(6-2)7-3)23-12-11-17-24-19(25-29-17)15-9-8-10-16(21)13-15/h8-10,13H,5-7,11-12,14H2,1-4H3,(H,22,23). The molecule has 9 heteroatoms. The number of nitrogens with zero attached hydrogens (tertiary/aromatic N) is 5. The number of hydrogen-bond acceptors (Lipinski definition) is 5. The molecule has 0 spiro atoms. The van der Waals surface area contributed by atoms with Crippen molar-refractivity contribution in [3.8, 4) is 11.4 Å². The van der Waals surface area contributed by atoms with Crippen LogP contribution in [0.15, 0.2) is 33.8 Å². The van der Waals surface area contributed by atoms with E-state index in [0.29, 0.717) is 55.3 Å². The fourth-order valence-electron chi connectivity index (χ4n) is 2.78. The highest BCUT2D eigenvalue weighted by molar-refractivity contribution is 6.30. The molecule has 0 unspecified atom stereocenters. The van der Waals surface area contributed by atoms with Gasteiger partial charge in [0.05, 0.1) is 13.1 Å². The Morgan fingerprint density at radius 1 is 1.28 bits per heavy atom. The summed E-state index contributed by atoms with van der Waals surface area (Å²) in [6.07, 6.45) is 0.500. The molecule has 0 bridgehead atoms. The van der Waals surface area contributed by atoms with Crippen LogP contribution in [0, 0.1) is 0 Å². The van der Waals surface area contributed by atoms with Crippen LogP contribution in [0.25, 0.3) is 11.4 Å². The minimum absolute atomic E-state index is 0.0752. The molecule has 1 amide bonds. The summed E-state index contributed by atoms with van der Waals surface area (Å²) in [6.45, 7) is 8.78. The monoisotopic (exact) mass is 420 g/mol. The highest BCUT2D eigenvalue weighted by atomic mass is 35.5. The number of benzene rings is 1. The lowest BCUT2D eigenvalue weighted by molar-refractivity contribution is -0.131. The van der Waals surface area contributed by atoms with E-state index in [9.17, 15) is 4.79 Å². The molecule has 0 aliphatic carbocycles. The SMILES string of the molecule is CCNC(=NCCc1nc(-c2cccc(Cl)c2)no1)N(C)CC(=O)N(CC)CC. The Labute approximate surface area is 176 Å². The zero-order valence-corrected chi connectivity index (χ0v) is 18.2. The van der Waals surface area contributed by atoms with Gasteiger partial charge in [0.1, 0.15) is 0 Å². The molecule has 0 saturated carbocycles. The maximum Gasteiger partial charge on any atom is 0.242 e. The number of rotatable bonds is 9. The summed E-state index contributed by atoms with van der Waals surface area (Å²) in [4.78, 5) is 25.0. The van der Waals surface area contributed by atoms with Gasteiger partial charge in [-0.25, -0.2) is 0 Å². The van der Waals surface area contributed by atoms with E-state index in [1.807, 2.05) is 44.9 Å². The molecule has 1 heterocycles. The van der Waals surface area contributed by atoms with Gasteiger partial charge in [0.15, 0.2) is 5.96 Å². The number of hydrogen-bond donors (Lipinski definition) is 1. The van der Waals surface area contributed by atoms with E-state index in [2.05, 4.69) is 20.4 Å². The van der Waals surface area contributed by atoms with E-state index in [0.717, 1.165) is 5.56 Å². The van der Waals surface area contributed by atoms with Crippen LogP contribution in [0.4, 0.5) is 0 Å². The van der Waals surface area contributed by atoms with E-state index in [1.165, 1.54) is 0 Å². The van der Waals surface area contributed by atoms with Crippen LogP contribution in [0.2, 0.25) is 5.02 Å². The highest BCUT2D eigenvalue weighted by Crippen LogP contribution is 2.19. The Morgan fingerprint density at radius 3 is 2.69 bits per heavy atom. The van der Waals surface area contributed by atoms with E-state index < -0.39 is 0 Å². The lowest BCUT2D eigenvalue weighted by Gasteiger charge is -2.25. The van der Waals surface area contributed by atoms with Crippen LogP contribution >= 0.6 is 11.6 Å². The van der Waals surface area contributed by atoms with Crippen molar-refractivity contribution in [2.75, 3.05) is 39.8 Å². The first kappa shape index (κ1) is 22.7. The predicted octanol–water partition coefficient (Wildman–Crippen LogP) is 2.70. The van der Waals surface area contributed by atoms with Crippen molar-refractivity contribution in [1.82, 2.24) is 25.3 Å². The second-order valence-electron chi connectivity index (χ2n) is 6.43. The van der Waals surface area contributed by atoms with E-state index in [-0.39, 0.29) is 12.5 Å². The van der Waals surface area contributed by atoms with Crippen LogP contribution < -0.4 is 5.32 Å². The van der Waals surface area contributed by atoms with Gasteiger partial charge in [-0.1, -0.05) is 28.9 Å². The fraction of sp³-hybridized carbons (Fsp3) is 0.500. The molecule has 1 aromatic carbocycles. The van der Waals surface area contributed by atoms with E-state index in [4.69, 9.17) is 16.1 Å². The molecular weight excluding hydrogens is 392 g/mol. The van der Waals surface area contributed by atoms with Gasteiger partial charge in [0.25, 0.3) is 0 Å². The van der Waals surface area contributed by atoms with Crippen LogP contribution in [-0.4, -0.2) is 71.6 Å². The van der Waals surface area contributed by atoms with Gasteiger partial charge in [-0.2, -0.15) is 4.98 Å². The van der Waals surface area contributed by atoms with E-state index in [1.54, 1.807) is 17.0 Å². The molecule has 0 radical (unpaired) electrons. The number of halogens is 1. The third-order valence-corrected chi connectivity index (χ3v) is 4.56. The third kappa shape index (κ3) is 6.74. The Bertz CT molecular complexity index is 819. The van der Waals surface area contributed by atoms with E-state index >= 15 is 0 Å². The molecule has 8 nitrogen and oxygen atoms in total. The van der Waals surface area contributed by atoms with Crippen molar-refractivity contribution in [3.63, 3.8) is 0 Å². The second-order valence-corrected chi connectivity index (χ2v) is 6.87. The lowest BCUT2D eigenvalue weighted by atomic mass is 10.2. The van der Waals surface area contributed by atoms with Crippen molar-refractivity contribution in [2.45, 2.75) is 27.2 Å². The summed E-state index contributed by atoms with van der Waals surface area (Å²) < 4.78 is 5.32. The first-order valence-electron chi connectivity index (χ1n) is 9.84. The molecule has 0 fully saturated rings. The molecule has 0 aliphatic rings. The summed E-state index contributed by atoms with van der Waals surface area (Å²) in [6, 6.07) is 7.31. The van der Waals surface area contributed by atoms with Gasteiger partial charge >= 0.3 is 0 Å². The first-order chi connectivity index (χ1) is 14.0.